The van der Waals surface area contributed by atoms with Crippen LogP contribution in [-0.4, -0.2) is 55.1 Å². The molecule has 0 spiro atoms. The van der Waals surface area contributed by atoms with Crippen molar-refractivity contribution in [3.63, 3.8) is 0 Å². The minimum absolute atomic E-state index is 0.0898. The molecule has 2 saturated heterocycles. The zero-order valence-electron chi connectivity index (χ0n) is 14.7. The predicted molar refractivity (Wildman–Crippen MR) is 108 cm³/mol. The number of piperazine rings is 1. The zero-order chi connectivity index (χ0) is 17.9. The first-order valence-electron chi connectivity index (χ1n) is 9.21. The maximum Gasteiger partial charge on any atom is 0.273 e. The van der Waals surface area contributed by atoms with E-state index >= 15 is 0 Å². The van der Waals surface area contributed by atoms with E-state index in [1.807, 2.05) is 22.4 Å². The van der Waals surface area contributed by atoms with Crippen LogP contribution in [0.1, 0.15) is 29.8 Å². The molecule has 0 atom stereocenters. The van der Waals surface area contributed by atoms with Gasteiger partial charge in [-0.25, -0.2) is 4.98 Å². The Balaban J connectivity index is 1.36. The monoisotopic (exact) mass is 390 g/mol. The molecular weight excluding hydrogens is 368 g/mol. The summed E-state index contributed by atoms with van der Waals surface area (Å²) in [5.74, 6) is 0.0898. The van der Waals surface area contributed by atoms with Crippen molar-refractivity contribution in [3.8, 4) is 0 Å². The van der Waals surface area contributed by atoms with Crippen LogP contribution in [0.15, 0.2) is 29.6 Å². The summed E-state index contributed by atoms with van der Waals surface area (Å²) >= 11 is 7.55. The van der Waals surface area contributed by atoms with E-state index in [1.165, 1.54) is 12.1 Å². The fraction of sp³-hybridized carbons (Fsp3) is 0.474. The van der Waals surface area contributed by atoms with Crippen LogP contribution >= 0.6 is 22.9 Å². The van der Waals surface area contributed by atoms with Crippen molar-refractivity contribution in [1.82, 2.24) is 9.88 Å². The number of benzene rings is 1. The fourth-order valence-corrected chi connectivity index (χ4v) is 4.55. The van der Waals surface area contributed by atoms with Crippen molar-refractivity contribution in [2.45, 2.75) is 19.3 Å². The lowest BCUT2D eigenvalue weighted by molar-refractivity contribution is 0.0719. The summed E-state index contributed by atoms with van der Waals surface area (Å²) in [4.78, 5) is 23.8. The SMILES string of the molecule is O=C(c1csc(N2CCN(c3ccc(Cl)cc3)CC2)n1)N1CCCCC1. The van der Waals surface area contributed by atoms with E-state index in [0.717, 1.165) is 62.3 Å². The highest BCUT2D eigenvalue weighted by Gasteiger charge is 2.24. The lowest BCUT2D eigenvalue weighted by atomic mass is 10.1. The predicted octanol–water partition coefficient (Wildman–Crippen LogP) is 3.75. The van der Waals surface area contributed by atoms with Crippen molar-refractivity contribution < 1.29 is 4.79 Å². The van der Waals surface area contributed by atoms with Crippen LogP contribution in [0.25, 0.3) is 0 Å². The zero-order valence-corrected chi connectivity index (χ0v) is 16.3. The molecule has 1 aromatic carbocycles. The summed E-state index contributed by atoms with van der Waals surface area (Å²) in [5, 5.41) is 3.64. The first kappa shape index (κ1) is 17.6. The summed E-state index contributed by atoms with van der Waals surface area (Å²) in [5.41, 5.74) is 1.81. The van der Waals surface area contributed by atoms with E-state index < -0.39 is 0 Å². The van der Waals surface area contributed by atoms with E-state index in [1.54, 1.807) is 11.3 Å². The van der Waals surface area contributed by atoms with Crippen LogP contribution in [0.2, 0.25) is 5.02 Å². The van der Waals surface area contributed by atoms with Gasteiger partial charge in [-0.15, -0.1) is 11.3 Å². The van der Waals surface area contributed by atoms with E-state index in [-0.39, 0.29) is 5.91 Å². The third-order valence-electron chi connectivity index (χ3n) is 5.10. The third-order valence-corrected chi connectivity index (χ3v) is 6.25. The second kappa shape index (κ2) is 7.84. The number of thiazole rings is 1. The highest BCUT2D eigenvalue weighted by Crippen LogP contribution is 2.25. The topological polar surface area (TPSA) is 39.7 Å². The van der Waals surface area contributed by atoms with Gasteiger partial charge in [-0.1, -0.05) is 11.6 Å². The average Bonchev–Trinajstić information content (AvgIpc) is 3.19. The fourth-order valence-electron chi connectivity index (χ4n) is 3.57. The van der Waals surface area contributed by atoms with Gasteiger partial charge in [0, 0.05) is 55.4 Å². The molecule has 2 aliphatic heterocycles. The molecular formula is C19H23ClN4OS. The maximum atomic E-state index is 12.6. The number of anilines is 2. The average molecular weight is 391 g/mol. The first-order valence-corrected chi connectivity index (χ1v) is 10.5. The number of hydrogen-bond donors (Lipinski definition) is 0. The molecule has 0 N–H and O–H groups in total. The van der Waals surface area contributed by atoms with Gasteiger partial charge in [0.2, 0.25) is 0 Å². The van der Waals surface area contributed by atoms with Crippen LogP contribution in [0.4, 0.5) is 10.8 Å². The molecule has 3 heterocycles. The van der Waals surface area contributed by atoms with Crippen LogP contribution in [0.3, 0.4) is 0 Å². The van der Waals surface area contributed by atoms with Crippen LogP contribution in [-0.2, 0) is 0 Å². The van der Waals surface area contributed by atoms with E-state index in [2.05, 4.69) is 26.9 Å². The summed E-state index contributed by atoms with van der Waals surface area (Å²) in [6.07, 6.45) is 3.44. The number of nitrogens with zero attached hydrogens (tertiary/aromatic N) is 4. The van der Waals surface area contributed by atoms with E-state index in [0.29, 0.717) is 5.69 Å². The van der Waals surface area contributed by atoms with Gasteiger partial charge < -0.3 is 14.7 Å². The molecule has 0 unspecified atom stereocenters. The van der Waals surface area contributed by atoms with Crippen molar-refractivity contribution in [2.75, 3.05) is 49.1 Å². The molecule has 4 rings (SSSR count). The molecule has 2 fully saturated rings. The Morgan fingerprint density at radius 1 is 0.923 bits per heavy atom. The molecule has 1 aromatic heterocycles. The van der Waals surface area contributed by atoms with Crippen LogP contribution < -0.4 is 9.80 Å². The number of aromatic nitrogens is 1. The van der Waals surface area contributed by atoms with Crippen molar-refractivity contribution >= 4 is 39.7 Å². The normalized spacial score (nSPS) is 18.3. The standard InChI is InChI=1S/C19H23ClN4OS/c20-15-4-6-16(7-5-15)22-10-12-24(13-11-22)19-21-17(14-26-19)18(25)23-8-2-1-3-9-23/h4-7,14H,1-3,8-13H2. The Kier molecular flexibility index (Phi) is 5.31. The van der Waals surface area contributed by atoms with Gasteiger partial charge in [0.1, 0.15) is 5.69 Å². The molecule has 5 nitrogen and oxygen atoms in total. The summed E-state index contributed by atoms with van der Waals surface area (Å²) in [7, 11) is 0. The molecule has 0 bridgehead atoms. The smallest absolute Gasteiger partial charge is 0.273 e. The Labute approximate surface area is 163 Å². The first-order chi connectivity index (χ1) is 12.7. The second-order valence-electron chi connectivity index (χ2n) is 6.82. The summed E-state index contributed by atoms with van der Waals surface area (Å²) < 4.78 is 0. The number of halogens is 1. The maximum absolute atomic E-state index is 12.6. The number of rotatable bonds is 3. The lowest BCUT2D eigenvalue weighted by Gasteiger charge is -2.36. The Bertz CT molecular complexity index is 749. The molecule has 1 amide bonds. The number of hydrogen-bond acceptors (Lipinski definition) is 5. The van der Waals surface area contributed by atoms with E-state index in [4.69, 9.17) is 11.6 Å². The largest absolute Gasteiger partial charge is 0.368 e. The van der Waals surface area contributed by atoms with Crippen LogP contribution in [0.5, 0.6) is 0 Å². The number of carbonyl (C=O) groups is 1. The van der Waals surface area contributed by atoms with Crippen LogP contribution in [0, 0.1) is 0 Å². The van der Waals surface area contributed by atoms with Crippen molar-refractivity contribution in [2.24, 2.45) is 0 Å². The molecule has 2 aliphatic rings. The summed E-state index contributed by atoms with van der Waals surface area (Å²) in [6, 6.07) is 8.00. The second-order valence-corrected chi connectivity index (χ2v) is 8.09. The number of piperidine rings is 1. The van der Waals surface area contributed by atoms with Gasteiger partial charge in [-0.05, 0) is 43.5 Å². The minimum atomic E-state index is 0.0898. The van der Waals surface area contributed by atoms with Gasteiger partial charge in [0.25, 0.3) is 5.91 Å². The number of carbonyl (C=O) groups excluding carboxylic acids is 1. The van der Waals surface area contributed by atoms with Crippen molar-refractivity contribution in [1.29, 1.82) is 0 Å². The molecule has 0 saturated carbocycles. The highest BCUT2D eigenvalue weighted by atomic mass is 35.5. The van der Waals surface area contributed by atoms with Crippen molar-refractivity contribution in [3.05, 3.63) is 40.4 Å². The van der Waals surface area contributed by atoms with Gasteiger partial charge in [0.05, 0.1) is 0 Å². The van der Waals surface area contributed by atoms with Gasteiger partial charge in [0.15, 0.2) is 5.13 Å². The van der Waals surface area contributed by atoms with Gasteiger partial charge >= 0.3 is 0 Å². The molecule has 2 aromatic rings. The molecule has 138 valence electrons. The highest BCUT2D eigenvalue weighted by molar-refractivity contribution is 7.13. The quantitative estimate of drug-likeness (QED) is 0.800. The molecule has 0 aliphatic carbocycles. The van der Waals surface area contributed by atoms with Gasteiger partial charge in [-0.2, -0.15) is 0 Å². The van der Waals surface area contributed by atoms with E-state index in [9.17, 15) is 4.79 Å². The summed E-state index contributed by atoms with van der Waals surface area (Å²) in [6.45, 7) is 5.44. The molecule has 7 heteroatoms. The Morgan fingerprint density at radius 3 is 2.27 bits per heavy atom. The Morgan fingerprint density at radius 2 is 1.58 bits per heavy atom. The molecule has 26 heavy (non-hydrogen) atoms. The number of amides is 1. The Hall–Kier alpha value is -1.79. The van der Waals surface area contributed by atoms with Gasteiger partial charge in [-0.3, -0.25) is 4.79 Å². The lowest BCUT2D eigenvalue weighted by Crippen LogP contribution is -2.46. The third kappa shape index (κ3) is 3.81. The minimum Gasteiger partial charge on any atom is -0.368 e. The molecule has 0 radical (unpaired) electrons. The number of likely N-dealkylation sites (tertiary alicyclic amines) is 1.